The third-order valence-electron chi connectivity index (χ3n) is 3.58. The fourth-order valence-corrected chi connectivity index (χ4v) is 2.59. The molecule has 0 bridgehead atoms. The van der Waals surface area contributed by atoms with Gasteiger partial charge in [-0.05, 0) is 41.3 Å². The third kappa shape index (κ3) is 2.65. The van der Waals surface area contributed by atoms with Gasteiger partial charge in [-0.25, -0.2) is 4.39 Å². The molecule has 2 aromatic carbocycles. The average molecular weight is 292 g/mol. The molecular weight excluding hydrogens is 277 g/mol. The number of ether oxygens (including phenoxy) is 1. The molecule has 0 spiro atoms. The van der Waals surface area contributed by atoms with Crippen molar-refractivity contribution < 1.29 is 9.13 Å². The molecule has 4 heteroatoms. The quantitative estimate of drug-likeness (QED) is 0.937. The lowest BCUT2D eigenvalue weighted by Gasteiger charge is -2.13. The van der Waals surface area contributed by atoms with Crippen LogP contribution in [-0.2, 0) is 12.8 Å². The van der Waals surface area contributed by atoms with E-state index in [1.807, 2.05) is 18.2 Å². The largest absolute Gasteiger partial charge is 0.493 e. The first-order valence-corrected chi connectivity index (χ1v) is 6.96. The Kier molecular flexibility index (Phi) is 3.64. The minimum absolute atomic E-state index is 0.136. The Morgan fingerprint density at radius 1 is 1.25 bits per heavy atom. The molecule has 2 nitrogen and oxygen atoms in total. The molecular formula is C16H15ClFNO. The van der Waals surface area contributed by atoms with E-state index >= 15 is 0 Å². The van der Waals surface area contributed by atoms with Crippen molar-refractivity contribution in [1.29, 1.82) is 0 Å². The summed E-state index contributed by atoms with van der Waals surface area (Å²) in [5.74, 6) is 0.539. The van der Waals surface area contributed by atoms with Gasteiger partial charge in [0.05, 0.1) is 11.6 Å². The van der Waals surface area contributed by atoms with Gasteiger partial charge in [-0.2, -0.15) is 0 Å². The lowest BCUT2D eigenvalue weighted by molar-refractivity contribution is 0.357. The van der Waals surface area contributed by atoms with Crippen molar-refractivity contribution in [2.75, 3.05) is 6.61 Å². The minimum atomic E-state index is -0.404. The minimum Gasteiger partial charge on any atom is -0.493 e. The van der Waals surface area contributed by atoms with Crippen LogP contribution >= 0.6 is 11.6 Å². The molecule has 0 radical (unpaired) electrons. The topological polar surface area (TPSA) is 35.2 Å². The van der Waals surface area contributed by atoms with Crippen LogP contribution in [0.15, 0.2) is 36.4 Å². The monoisotopic (exact) mass is 291 g/mol. The zero-order valence-electron chi connectivity index (χ0n) is 10.9. The molecule has 0 saturated carbocycles. The summed E-state index contributed by atoms with van der Waals surface area (Å²) in [4.78, 5) is 0. The second-order valence-corrected chi connectivity index (χ2v) is 5.43. The molecule has 0 fully saturated rings. The summed E-state index contributed by atoms with van der Waals surface area (Å²) in [5, 5.41) is 0.136. The number of hydrogen-bond donors (Lipinski definition) is 1. The maximum atomic E-state index is 13.4. The van der Waals surface area contributed by atoms with E-state index in [9.17, 15) is 4.39 Å². The van der Waals surface area contributed by atoms with Crippen LogP contribution in [0.2, 0.25) is 5.02 Å². The highest BCUT2D eigenvalue weighted by Crippen LogP contribution is 2.29. The van der Waals surface area contributed by atoms with E-state index in [0.29, 0.717) is 6.42 Å². The van der Waals surface area contributed by atoms with Gasteiger partial charge < -0.3 is 10.5 Å². The van der Waals surface area contributed by atoms with Gasteiger partial charge in [0.1, 0.15) is 11.6 Å². The van der Waals surface area contributed by atoms with Gasteiger partial charge in [-0.3, -0.25) is 0 Å². The van der Waals surface area contributed by atoms with E-state index in [1.54, 1.807) is 6.07 Å². The standard InChI is InChI=1S/C16H15ClFNO/c17-13-3-1-10(7-14(13)18)8-15(19)11-2-4-16-12(9-11)5-6-20-16/h1-4,7,9,15H,5-6,8,19H2. The van der Waals surface area contributed by atoms with Crippen molar-refractivity contribution in [2.24, 2.45) is 5.73 Å². The van der Waals surface area contributed by atoms with Gasteiger partial charge in [0.25, 0.3) is 0 Å². The van der Waals surface area contributed by atoms with Gasteiger partial charge in [0.15, 0.2) is 0 Å². The number of halogens is 2. The summed E-state index contributed by atoms with van der Waals surface area (Å²) in [5.41, 5.74) is 9.30. The lowest BCUT2D eigenvalue weighted by Crippen LogP contribution is -2.13. The van der Waals surface area contributed by atoms with E-state index in [1.165, 1.54) is 11.6 Å². The Balaban J connectivity index is 1.78. The average Bonchev–Trinajstić information content (AvgIpc) is 2.90. The smallest absolute Gasteiger partial charge is 0.142 e. The first-order chi connectivity index (χ1) is 9.63. The second-order valence-electron chi connectivity index (χ2n) is 5.02. The van der Waals surface area contributed by atoms with Crippen LogP contribution in [0.25, 0.3) is 0 Å². The fraction of sp³-hybridized carbons (Fsp3) is 0.250. The second kappa shape index (κ2) is 5.43. The van der Waals surface area contributed by atoms with Crippen molar-refractivity contribution >= 4 is 11.6 Å². The van der Waals surface area contributed by atoms with Crippen molar-refractivity contribution in [1.82, 2.24) is 0 Å². The zero-order valence-corrected chi connectivity index (χ0v) is 11.7. The molecule has 1 atom stereocenters. The Morgan fingerprint density at radius 3 is 2.90 bits per heavy atom. The zero-order chi connectivity index (χ0) is 14.1. The molecule has 1 heterocycles. The van der Waals surface area contributed by atoms with Gasteiger partial charge >= 0.3 is 0 Å². The first kappa shape index (κ1) is 13.4. The van der Waals surface area contributed by atoms with E-state index in [4.69, 9.17) is 22.1 Å². The van der Waals surface area contributed by atoms with Crippen LogP contribution in [0, 0.1) is 5.82 Å². The van der Waals surface area contributed by atoms with Crippen molar-refractivity contribution in [3.05, 3.63) is 63.9 Å². The molecule has 1 aliphatic heterocycles. The highest BCUT2D eigenvalue weighted by molar-refractivity contribution is 6.30. The summed E-state index contributed by atoms with van der Waals surface area (Å²) < 4.78 is 18.9. The molecule has 2 N–H and O–H groups in total. The predicted octanol–water partition coefficient (Wildman–Crippen LogP) is 3.66. The molecule has 1 aliphatic rings. The molecule has 0 amide bonds. The van der Waals surface area contributed by atoms with E-state index in [-0.39, 0.29) is 11.1 Å². The molecule has 1 unspecified atom stereocenters. The Morgan fingerprint density at radius 2 is 2.10 bits per heavy atom. The van der Waals surface area contributed by atoms with Crippen LogP contribution in [0.3, 0.4) is 0 Å². The van der Waals surface area contributed by atoms with E-state index < -0.39 is 5.82 Å². The highest BCUT2D eigenvalue weighted by Gasteiger charge is 2.15. The molecule has 20 heavy (non-hydrogen) atoms. The number of fused-ring (bicyclic) bond motifs is 1. The molecule has 0 aliphatic carbocycles. The number of benzene rings is 2. The highest BCUT2D eigenvalue weighted by atomic mass is 35.5. The van der Waals surface area contributed by atoms with E-state index in [0.717, 1.165) is 29.9 Å². The van der Waals surface area contributed by atoms with Gasteiger partial charge in [0, 0.05) is 12.5 Å². The van der Waals surface area contributed by atoms with Crippen molar-refractivity contribution in [3.63, 3.8) is 0 Å². The maximum Gasteiger partial charge on any atom is 0.142 e. The van der Waals surface area contributed by atoms with Gasteiger partial charge in [-0.1, -0.05) is 29.8 Å². The Bertz CT molecular complexity index is 644. The third-order valence-corrected chi connectivity index (χ3v) is 3.89. The van der Waals surface area contributed by atoms with Crippen LogP contribution < -0.4 is 10.5 Å². The maximum absolute atomic E-state index is 13.4. The first-order valence-electron chi connectivity index (χ1n) is 6.58. The molecule has 0 saturated heterocycles. The van der Waals surface area contributed by atoms with Crippen molar-refractivity contribution in [3.8, 4) is 5.75 Å². The van der Waals surface area contributed by atoms with Gasteiger partial charge in [-0.15, -0.1) is 0 Å². The van der Waals surface area contributed by atoms with Crippen LogP contribution in [0.5, 0.6) is 5.75 Å². The van der Waals surface area contributed by atoms with Crippen LogP contribution in [-0.4, -0.2) is 6.61 Å². The summed E-state index contributed by atoms with van der Waals surface area (Å²) in [6.07, 6.45) is 1.50. The Labute approximate surface area is 122 Å². The van der Waals surface area contributed by atoms with Crippen LogP contribution in [0.4, 0.5) is 4.39 Å². The van der Waals surface area contributed by atoms with Crippen molar-refractivity contribution in [2.45, 2.75) is 18.9 Å². The summed E-state index contributed by atoms with van der Waals surface area (Å²) in [7, 11) is 0. The van der Waals surface area contributed by atoms with Gasteiger partial charge in [0.2, 0.25) is 0 Å². The molecule has 0 aromatic heterocycles. The summed E-state index contributed by atoms with van der Waals surface area (Å²) in [6, 6.07) is 10.7. The Hall–Kier alpha value is -1.58. The fourth-order valence-electron chi connectivity index (χ4n) is 2.48. The lowest BCUT2D eigenvalue weighted by atomic mass is 9.97. The molecule has 104 valence electrons. The molecule has 3 rings (SSSR count). The van der Waals surface area contributed by atoms with Crippen LogP contribution in [0.1, 0.15) is 22.7 Å². The summed E-state index contributed by atoms with van der Waals surface area (Å²) >= 11 is 5.68. The predicted molar refractivity (Wildman–Crippen MR) is 77.7 cm³/mol. The number of rotatable bonds is 3. The SMILES string of the molecule is NC(Cc1ccc(Cl)c(F)c1)c1ccc2c(c1)CCO2. The molecule has 2 aromatic rings. The number of nitrogens with two attached hydrogens (primary N) is 1. The summed E-state index contributed by atoms with van der Waals surface area (Å²) in [6.45, 7) is 0.733. The normalized spacial score (nSPS) is 14.8. The van der Waals surface area contributed by atoms with E-state index in [2.05, 4.69) is 6.07 Å². The number of hydrogen-bond acceptors (Lipinski definition) is 2.